The van der Waals surface area contributed by atoms with E-state index >= 15 is 0 Å². The van der Waals surface area contributed by atoms with Gasteiger partial charge in [-0.1, -0.05) is 32.3 Å². The van der Waals surface area contributed by atoms with Crippen LogP contribution in [0.4, 0.5) is 0 Å². The summed E-state index contributed by atoms with van der Waals surface area (Å²) in [5.41, 5.74) is 5.76. The second-order valence-electron chi connectivity index (χ2n) is 6.82. The molecule has 1 heterocycles. The number of nitrogens with two attached hydrogens (primary N) is 1. The molecule has 0 amide bonds. The van der Waals surface area contributed by atoms with E-state index < -0.39 is 0 Å². The fourth-order valence-electron chi connectivity index (χ4n) is 3.36. The highest BCUT2D eigenvalue weighted by Gasteiger charge is 2.41. The Labute approximate surface area is 127 Å². The Kier molecular flexibility index (Phi) is 5.38. The summed E-state index contributed by atoms with van der Waals surface area (Å²) in [4.78, 5) is 4.58. The molecule has 0 aliphatic heterocycles. The van der Waals surface area contributed by atoms with E-state index in [4.69, 9.17) is 15.0 Å². The van der Waals surface area contributed by atoms with E-state index in [9.17, 15) is 0 Å². The fraction of sp³-hybridized carbons (Fsp3) is 0.875. The minimum Gasteiger partial charge on any atom is -0.367 e. The Morgan fingerprint density at radius 2 is 2.24 bits per heavy atom. The van der Waals surface area contributed by atoms with Crippen molar-refractivity contribution in [1.29, 1.82) is 0 Å². The van der Waals surface area contributed by atoms with Crippen molar-refractivity contribution in [3.05, 3.63) is 11.7 Å². The van der Waals surface area contributed by atoms with Crippen LogP contribution in [0.5, 0.6) is 0 Å². The summed E-state index contributed by atoms with van der Waals surface area (Å²) >= 11 is 0. The van der Waals surface area contributed by atoms with Gasteiger partial charge in [-0.2, -0.15) is 4.98 Å². The van der Waals surface area contributed by atoms with Crippen LogP contribution in [0, 0.1) is 11.8 Å². The predicted molar refractivity (Wildman–Crippen MR) is 81.6 cm³/mol. The first-order chi connectivity index (χ1) is 9.97. The van der Waals surface area contributed by atoms with Crippen molar-refractivity contribution in [3.8, 4) is 0 Å². The predicted octanol–water partition coefficient (Wildman–Crippen LogP) is 3.56. The average Bonchev–Trinajstić information content (AvgIpc) is 2.88. The molecule has 1 fully saturated rings. The van der Waals surface area contributed by atoms with Crippen molar-refractivity contribution >= 4 is 0 Å². The van der Waals surface area contributed by atoms with Gasteiger partial charge in [0.05, 0.1) is 6.04 Å². The van der Waals surface area contributed by atoms with Gasteiger partial charge >= 0.3 is 0 Å². The van der Waals surface area contributed by atoms with Crippen LogP contribution in [0.2, 0.25) is 0 Å². The zero-order chi connectivity index (χ0) is 15.5. The molecule has 1 aromatic heterocycles. The molecule has 3 atom stereocenters. The zero-order valence-corrected chi connectivity index (χ0v) is 13.8. The number of hydrogen-bond acceptors (Lipinski definition) is 5. The minimum atomic E-state index is -0.383. The van der Waals surface area contributed by atoms with Crippen LogP contribution in [0.1, 0.15) is 77.6 Å². The molecule has 1 saturated carbocycles. The monoisotopic (exact) mass is 295 g/mol. The second kappa shape index (κ2) is 6.88. The number of nitrogens with zero attached hydrogens (tertiary/aromatic N) is 2. The topological polar surface area (TPSA) is 74.2 Å². The summed E-state index contributed by atoms with van der Waals surface area (Å²) in [7, 11) is 0. The lowest BCUT2D eigenvalue weighted by atomic mass is 9.78. The molecule has 2 rings (SSSR count). The molecule has 0 aromatic carbocycles. The third-order valence-electron chi connectivity index (χ3n) is 4.27. The number of hydrogen-bond donors (Lipinski definition) is 1. The quantitative estimate of drug-likeness (QED) is 0.868. The first-order valence-electron chi connectivity index (χ1n) is 8.20. The van der Waals surface area contributed by atoms with Crippen LogP contribution in [-0.4, -0.2) is 16.7 Å². The number of ether oxygens (including phenoxy) is 1. The van der Waals surface area contributed by atoms with Crippen LogP contribution in [0.25, 0.3) is 0 Å². The summed E-state index contributed by atoms with van der Waals surface area (Å²) in [5, 5.41) is 4.20. The van der Waals surface area contributed by atoms with Crippen LogP contribution in [0.3, 0.4) is 0 Å². The third-order valence-corrected chi connectivity index (χ3v) is 4.27. The van der Waals surface area contributed by atoms with Gasteiger partial charge in [0.15, 0.2) is 0 Å². The van der Waals surface area contributed by atoms with E-state index in [-0.39, 0.29) is 11.6 Å². The molecule has 1 aliphatic carbocycles. The van der Waals surface area contributed by atoms with Crippen LogP contribution in [-0.2, 0) is 10.3 Å². The Balaban J connectivity index is 2.19. The highest BCUT2D eigenvalue weighted by molar-refractivity contribution is 5.05. The van der Waals surface area contributed by atoms with E-state index in [1.807, 2.05) is 6.92 Å². The van der Waals surface area contributed by atoms with Gasteiger partial charge in [-0.15, -0.1) is 0 Å². The molecule has 2 N–H and O–H groups in total. The summed E-state index contributed by atoms with van der Waals surface area (Å²) in [6, 6.07) is -0.189. The maximum Gasteiger partial charge on any atom is 0.243 e. The Hall–Kier alpha value is -0.940. The largest absolute Gasteiger partial charge is 0.367 e. The third kappa shape index (κ3) is 3.83. The van der Waals surface area contributed by atoms with Gasteiger partial charge < -0.3 is 15.0 Å². The van der Waals surface area contributed by atoms with Gasteiger partial charge in [0.25, 0.3) is 0 Å². The van der Waals surface area contributed by atoms with Gasteiger partial charge in [0, 0.05) is 6.61 Å². The van der Waals surface area contributed by atoms with Crippen molar-refractivity contribution < 1.29 is 9.26 Å². The van der Waals surface area contributed by atoms with E-state index in [0.717, 1.165) is 25.7 Å². The molecular formula is C16H29N3O2. The van der Waals surface area contributed by atoms with E-state index in [1.54, 1.807) is 0 Å². The minimum absolute atomic E-state index is 0.189. The number of aromatic nitrogens is 2. The van der Waals surface area contributed by atoms with E-state index in [0.29, 0.717) is 30.2 Å². The Morgan fingerprint density at radius 1 is 1.48 bits per heavy atom. The molecule has 0 spiro atoms. The van der Waals surface area contributed by atoms with Crippen LogP contribution in [0.15, 0.2) is 4.52 Å². The highest BCUT2D eigenvalue weighted by atomic mass is 16.5. The lowest BCUT2D eigenvalue weighted by molar-refractivity contribution is -0.0891. The standard InChI is InChI=1S/C16H29N3O2/c1-5-20-16(8-6-7-12(4)10-16)15-18-14(21-19-15)13(17)9-11(2)3/h11-13H,5-10,17H2,1-4H3/t12?,13-,16?/m1/s1. The van der Waals surface area contributed by atoms with Crippen molar-refractivity contribution in [3.63, 3.8) is 0 Å². The van der Waals surface area contributed by atoms with Gasteiger partial charge in [0.1, 0.15) is 5.60 Å². The molecule has 2 unspecified atom stereocenters. The van der Waals surface area contributed by atoms with Crippen LogP contribution >= 0.6 is 0 Å². The van der Waals surface area contributed by atoms with E-state index in [2.05, 4.69) is 30.9 Å². The zero-order valence-electron chi connectivity index (χ0n) is 13.8. The van der Waals surface area contributed by atoms with Crippen molar-refractivity contribution in [2.24, 2.45) is 17.6 Å². The highest BCUT2D eigenvalue weighted by Crippen LogP contribution is 2.41. The average molecular weight is 295 g/mol. The van der Waals surface area contributed by atoms with Crippen molar-refractivity contribution in [1.82, 2.24) is 10.1 Å². The molecule has 0 radical (unpaired) electrons. The maximum absolute atomic E-state index is 6.15. The van der Waals surface area contributed by atoms with Crippen LogP contribution < -0.4 is 5.73 Å². The lowest BCUT2D eigenvalue weighted by Crippen LogP contribution is -2.36. The molecule has 21 heavy (non-hydrogen) atoms. The lowest BCUT2D eigenvalue weighted by Gasteiger charge is -2.37. The van der Waals surface area contributed by atoms with Gasteiger partial charge in [-0.05, 0) is 44.4 Å². The SMILES string of the molecule is CCOC1(c2noc([C@H](N)CC(C)C)n2)CCCC(C)C1. The molecule has 5 nitrogen and oxygen atoms in total. The molecule has 5 heteroatoms. The normalized spacial score (nSPS) is 28.0. The summed E-state index contributed by atoms with van der Waals surface area (Å²) in [5.74, 6) is 2.35. The van der Waals surface area contributed by atoms with Gasteiger partial charge in [-0.3, -0.25) is 0 Å². The van der Waals surface area contributed by atoms with Crippen molar-refractivity contribution in [2.75, 3.05) is 6.61 Å². The Bertz CT molecular complexity index is 442. The van der Waals surface area contributed by atoms with Gasteiger partial charge in [-0.25, -0.2) is 0 Å². The summed E-state index contributed by atoms with van der Waals surface area (Å²) in [6.07, 6.45) is 5.15. The van der Waals surface area contributed by atoms with Crippen molar-refractivity contribution in [2.45, 2.75) is 71.4 Å². The smallest absolute Gasteiger partial charge is 0.243 e. The Morgan fingerprint density at radius 3 is 2.86 bits per heavy atom. The molecule has 120 valence electrons. The molecule has 0 bridgehead atoms. The molecule has 1 aromatic rings. The fourth-order valence-corrected chi connectivity index (χ4v) is 3.36. The summed E-state index contributed by atoms with van der Waals surface area (Å²) in [6.45, 7) is 9.23. The second-order valence-corrected chi connectivity index (χ2v) is 6.82. The van der Waals surface area contributed by atoms with Gasteiger partial charge in [0.2, 0.25) is 11.7 Å². The van der Waals surface area contributed by atoms with E-state index in [1.165, 1.54) is 6.42 Å². The summed E-state index contributed by atoms with van der Waals surface area (Å²) < 4.78 is 11.5. The number of rotatable bonds is 6. The molecule has 0 saturated heterocycles. The first kappa shape index (κ1) is 16.4. The molecular weight excluding hydrogens is 266 g/mol. The first-order valence-corrected chi connectivity index (χ1v) is 8.20. The molecule has 1 aliphatic rings. The maximum atomic E-state index is 6.15.